The van der Waals surface area contributed by atoms with E-state index < -0.39 is 9.84 Å². The fraction of sp³-hybridized carbons (Fsp3) is 0.429. The minimum atomic E-state index is -2.82. The van der Waals surface area contributed by atoms with E-state index in [1.165, 1.54) is 46.2 Å². The van der Waals surface area contributed by atoms with E-state index in [2.05, 4.69) is 40.8 Å². The Morgan fingerprint density at radius 2 is 1.85 bits per heavy atom. The Morgan fingerprint density at radius 1 is 1.04 bits per heavy atom. The van der Waals surface area contributed by atoms with Crippen molar-refractivity contribution in [2.45, 2.75) is 38.0 Å². The maximum atomic E-state index is 11.7. The van der Waals surface area contributed by atoms with Crippen molar-refractivity contribution in [3.05, 3.63) is 46.3 Å². The van der Waals surface area contributed by atoms with Crippen molar-refractivity contribution in [3.63, 3.8) is 0 Å². The zero-order chi connectivity index (χ0) is 17.7. The second-order valence-electron chi connectivity index (χ2n) is 7.88. The number of rotatable bonds is 4. The molecule has 0 bridgehead atoms. The van der Waals surface area contributed by atoms with Gasteiger partial charge in [0.1, 0.15) is 9.84 Å². The molecule has 0 radical (unpaired) electrons. The first kappa shape index (κ1) is 16.6. The van der Waals surface area contributed by atoms with Crippen LogP contribution >= 0.6 is 11.3 Å². The molecule has 3 heterocycles. The van der Waals surface area contributed by atoms with Crippen LogP contribution in [0.1, 0.15) is 42.0 Å². The van der Waals surface area contributed by atoms with Crippen molar-refractivity contribution in [1.82, 2.24) is 4.98 Å². The number of aromatic amines is 1. The first-order valence-corrected chi connectivity index (χ1v) is 12.2. The second-order valence-corrected chi connectivity index (χ2v) is 11.2. The van der Waals surface area contributed by atoms with Crippen LogP contribution in [0.2, 0.25) is 0 Å². The van der Waals surface area contributed by atoms with Crippen LogP contribution in [0, 0.1) is 5.92 Å². The van der Waals surface area contributed by atoms with E-state index >= 15 is 0 Å². The molecule has 26 heavy (non-hydrogen) atoms. The van der Waals surface area contributed by atoms with Crippen molar-refractivity contribution in [1.29, 1.82) is 0 Å². The molecule has 0 spiro atoms. The quantitative estimate of drug-likeness (QED) is 0.676. The fourth-order valence-corrected chi connectivity index (χ4v) is 6.61. The summed E-state index contributed by atoms with van der Waals surface area (Å²) >= 11 is 1.88. The number of nitrogens with one attached hydrogen (secondary N) is 1. The Hall–Kier alpha value is -1.59. The van der Waals surface area contributed by atoms with Gasteiger partial charge < -0.3 is 4.98 Å². The van der Waals surface area contributed by atoms with Crippen LogP contribution in [-0.4, -0.2) is 24.9 Å². The first-order chi connectivity index (χ1) is 12.6. The Kier molecular flexibility index (Phi) is 3.98. The van der Waals surface area contributed by atoms with Gasteiger partial charge in [-0.15, -0.1) is 11.3 Å². The lowest BCUT2D eigenvalue weighted by Gasteiger charge is -2.21. The third-order valence-corrected chi connectivity index (χ3v) is 8.56. The Bertz CT molecular complexity index is 1040. The standard InChI is InChI=1S/C21H23NO2S2/c23-26(24)7-5-15(6-8-26)20-12-22-21-4-3-16(11-19(20)21)17-10-18(25-13-17)9-14-1-2-14/h3-4,10-15,22H,1-2,5-9H2. The van der Waals surface area contributed by atoms with E-state index in [9.17, 15) is 8.42 Å². The lowest BCUT2D eigenvalue weighted by atomic mass is 9.92. The largest absolute Gasteiger partial charge is 0.361 e. The summed E-state index contributed by atoms with van der Waals surface area (Å²) in [6.07, 6.45) is 7.58. The summed E-state index contributed by atoms with van der Waals surface area (Å²) in [5, 5.41) is 3.53. The summed E-state index contributed by atoms with van der Waals surface area (Å²) in [6.45, 7) is 0. The first-order valence-electron chi connectivity index (χ1n) is 9.47. The van der Waals surface area contributed by atoms with E-state index in [-0.39, 0.29) is 0 Å². The zero-order valence-electron chi connectivity index (χ0n) is 14.7. The van der Waals surface area contributed by atoms with Gasteiger partial charge in [-0.2, -0.15) is 0 Å². The molecular formula is C21H23NO2S2. The number of aromatic nitrogens is 1. The minimum absolute atomic E-state index is 0.319. The molecule has 5 heteroatoms. The van der Waals surface area contributed by atoms with Crippen LogP contribution in [0.15, 0.2) is 35.8 Å². The molecule has 1 aliphatic carbocycles. The van der Waals surface area contributed by atoms with Gasteiger partial charge in [-0.05, 0) is 84.2 Å². The summed E-state index contributed by atoms with van der Waals surface area (Å²) in [7, 11) is -2.82. The summed E-state index contributed by atoms with van der Waals surface area (Å²) < 4.78 is 23.5. The second kappa shape index (κ2) is 6.24. The SMILES string of the molecule is O=S1(=O)CCC(c2c[nH]c3ccc(-c4csc(CC5CC5)c4)cc23)CC1. The van der Waals surface area contributed by atoms with Crippen molar-refractivity contribution < 1.29 is 8.42 Å². The minimum Gasteiger partial charge on any atom is -0.361 e. The highest BCUT2D eigenvalue weighted by Crippen LogP contribution is 2.38. The van der Waals surface area contributed by atoms with Gasteiger partial charge in [-0.1, -0.05) is 6.07 Å². The topological polar surface area (TPSA) is 49.9 Å². The summed E-state index contributed by atoms with van der Waals surface area (Å²) in [4.78, 5) is 4.87. The summed E-state index contributed by atoms with van der Waals surface area (Å²) in [5.41, 5.74) is 5.00. The maximum Gasteiger partial charge on any atom is 0.150 e. The monoisotopic (exact) mass is 385 g/mol. The Morgan fingerprint density at radius 3 is 2.62 bits per heavy atom. The van der Waals surface area contributed by atoms with Gasteiger partial charge in [0.25, 0.3) is 0 Å². The lowest BCUT2D eigenvalue weighted by Crippen LogP contribution is -2.21. The van der Waals surface area contributed by atoms with Gasteiger partial charge in [0.15, 0.2) is 0 Å². The van der Waals surface area contributed by atoms with Gasteiger partial charge in [0, 0.05) is 22.0 Å². The summed E-state index contributed by atoms with van der Waals surface area (Å²) in [5.74, 6) is 1.90. The molecule has 0 atom stereocenters. The van der Waals surface area contributed by atoms with E-state index in [1.807, 2.05) is 11.3 Å². The molecule has 1 aliphatic heterocycles. The number of hydrogen-bond donors (Lipinski definition) is 1. The molecule has 1 saturated carbocycles. The van der Waals surface area contributed by atoms with E-state index in [4.69, 9.17) is 0 Å². The predicted octanol–water partition coefficient (Wildman–Crippen LogP) is 5.14. The number of hydrogen-bond acceptors (Lipinski definition) is 3. The van der Waals surface area contributed by atoms with Crippen LogP contribution in [0.25, 0.3) is 22.0 Å². The number of sulfone groups is 1. The molecule has 1 saturated heterocycles. The number of thiophene rings is 1. The molecule has 0 amide bonds. The zero-order valence-corrected chi connectivity index (χ0v) is 16.3. The van der Waals surface area contributed by atoms with E-state index in [1.54, 1.807) is 0 Å². The molecule has 3 nitrogen and oxygen atoms in total. The molecular weight excluding hydrogens is 362 g/mol. The van der Waals surface area contributed by atoms with E-state index in [0.29, 0.717) is 17.4 Å². The van der Waals surface area contributed by atoms with Gasteiger partial charge in [-0.3, -0.25) is 0 Å². The third kappa shape index (κ3) is 3.23. The van der Waals surface area contributed by atoms with E-state index in [0.717, 1.165) is 24.3 Å². The van der Waals surface area contributed by atoms with Crippen molar-refractivity contribution in [2.75, 3.05) is 11.5 Å². The van der Waals surface area contributed by atoms with Crippen molar-refractivity contribution in [3.8, 4) is 11.1 Å². The maximum absolute atomic E-state index is 11.7. The fourth-order valence-electron chi connectivity index (χ4n) is 4.11. The predicted molar refractivity (Wildman–Crippen MR) is 109 cm³/mol. The number of benzene rings is 1. The van der Waals surface area contributed by atoms with Crippen LogP contribution in [0.3, 0.4) is 0 Å². The molecule has 3 aromatic rings. The van der Waals surface area contributed by atoms with Crippen molar-refractivity contribution >= 4 is 32.1 Å². The third-order valence-electron chi connectivity index (χ3n) is 5.88. The van der Waals surface area contributed by atoms with Gasteiger partial charge >= 0.3 is 0 Å². The van der Waals surface area contributed by atoms with Crippen LogP contribution in [-0.2, 0) is 16.3 Å². The average molecular weight is 386 g/mol. The number of fused-ring (bicyclic) bond motifs is 1. The lowest BCUT2D eigenvalue weighted by molar-refractivity contribution is 0.551. The molecule has 2 aliphatic rings. The summed E-state index contributed by atoms with van der Waals surface area (Å²) in [6, 6.07) is 8.99. The van der Waals surface area contributed by atoms with Gasteiger partial charge in [0.2, 0.25) is 0 Å². The Labute approximate surface area is 158 Å². The van der Waals surface area contributed by atoms with Gasteiger partial charge in [-0.25, -0.2) is 8.42 Å². The van der Waals surface area contributed by atoms with Crippen LogP contribution < -0.4 is 0 Å². The highest BCUT2D eigenvalue weighted by Gasteiger charge is 2.26. The van der Waals surface area contributed by atoms with Gasteiger partial charge in [0.05, 0.1) is 11.5 Å². The van der Waals surface area contributed by atoms with Crippen LogP contribution in [0.5, 0.6) is 0 Å². The molecule has 1 N–H and O–H groups in total. The Balaban J connectivity index is 1.46. The number of H-pyrrole nitrogens is 1. The molecule has 0 unspecified atom stereocenters. The highest BCUT2D eigenvalue weighted by molar-refractivity contribution is 7.91. The van der Waals surface area contributed by atoms with Crippen LogP contribution in [0.4, 0.5) is 0 Å². The molecule has 2 fully saturated rings. The normalized spacial score (nSPS) is 20.6. The van der Waals surface area contributed by atoms with Crippen molar-refractivity contribution in [2.24, 2.45) is 5.92 Å². The average Bonchev–Trinajstić information content (AvgIpc) is 3.15. The highest BCUT2D eigenvalue weighted by atomic mass is 32.2. The smallest absolute Gasteiger partial charge is 0.150 e. The molecule has 5 rings (SSSR count). The molecule has 136 valence electrons. The molecule has 1 aromatic carbocycles. The molecule has 2 aromatic heterocycles.